The normalized spacial score (nSPS) is 14.5. The van der Waals surface area contributed by atoms with Crippen molar-refractivity contribution < 1.29 is 0 Å². The molecule has 5 nitrogen and oxygen atoms in total. The molecule has 1 saturated heterocycles. The third-order valence-electron chi connectivity index (χ3n) is 4.11. The Kier molecular flexibility index (Phi) is 5.19. The van der Waals surface area contributed by atoms with Gasteiger partial charge >= 0.3 is 0 Å². The molecule has 1 aliphatic rings. The highest BCUT2D eigenvalue weighted by atomic mass is 15.1. The number of benzene rings is 2. The number of nitriles is 2. The molecule has 0 unspecified atom stereocenters. The van der Waals surface area contributed by atoms with Crippen LogP contribution in [0.15, 0.2) is 64.8 Å². The Balaban J connectivity index is 1.68. The predicted octanol–water partition coefficient (Wildman–Crippen LogP) is 5.13. The molecule has 0 aliphatic carbocycles. The molecule has 0 N–H and O–H groups in total. The van der Waals surface area contributed by atoms with E-state index in [-0.39, 0.29) is 0 Å². The highest BCUT2D eigenvalue weighted by Crippen LogP contribution is 2.25. The average molecular weight is 327 g/mol. The van der Waals surface area contributed by atoms with E-state index in [4.69, 9.17) is 10.5 Å². The molecule has 0 amide bonds. The van der Waals surface area contributed by atoms with E-state index in [9.17, 15) is 0 Å². The summed E-state index contributed by atoms with van der Waals surface area (Å²) in [5.41, 5.74) is 3.76. The van der Waals surface area contributed by atoms with Gasteiger partial charge in [0.25, 0.3) is 0 Å². The first kappa shape index (κ1) is 16.4. The highest BCUT2D eigenvalue weighted by molar-refractivity contribution is 5.78. The average Bonchev–Trinajstić information content (AvgIpc) is 3.20. The Morgan fingerprint density at radius 2 is 1.44 bits per heavy atom. The summed E-state index contributed by atoms with van der Waals surface area (Å²) in [4.78, 5) is 2.38. The summed E-state index contributed by atoms with van der Waals surface area (Å²) in [6, 6.07) is 19.0. The summed E-state index contributed by atoms with van der Waals surface area (Å²) in [5, 5.41) is 26.2. The summed E-state index contributed by atoms with van der Waals surface area (Å²) >= 11 is 0. The van der Waals surface area contributed by atoms with Gasteiger partial charge in [0.15, 0.2) is 0 Å². The van der Waals surface area contributed by atoms with E-state index in [1.54, 1.807) is 24.3 Å². The summed E-state index contributed by atoms with van der Waals surface area (Å²) in [6.07, 6.45) is 3.75. The minimum Gasteiger partial charge on any atom is -0.372 e. The minimum atomic E-state index is 0.337. The predicted molar refractivity (Wildman–Crippen MR) is 97.7 cm³/mol. The maximum atomic E-state index is 9.02. The van der Waals surface area contributed by atoms with Gasteiger partial charge in [-0.05, 0) is 54.8 Å². The molecule has 2 aromatic rings. The smallest absolute Gasteiger partial charge is 0.101 e. The van der Waals surface area contributed by atoms with Crippen molar-refractivity contribution in [2.24, 2.45) is 10.2 Å². The first-order chi connectivity index (χ1) is 12.3. The van der Waals surface area contributed by atoms with Crippen LogP contribution in [0.5, 0.6) is 0 Å². The van der Waals surface area contributed by atoms with Crippen molar-refractivity contribution in [2.75, 3.05) is 18.0 Å². The second-order valence-corrected chi connectivity index (χ2v) is 5.76. The van der Waals surface area contributed by atoms with Crippen LogP contribution in [0, 0.1) is 22.7 Å². The van der Waals surface area contributed by atoms with Crippen LogP contribution in [-0.2, 0) is 0 Å². The van der Waals surface area contributed by atoms with E-state index in [0.29, 0.717) is 16.8 Å². The third-order valence-corrected chi connectivity index (χ3v) is 4.11. The van der Waals surface area contributed by atoms with E-state index in [0.717, 1.165) is 18.8 Å². The zero-order valence-electron chi connectivity index (χ0n) is 13.8. The molecule has 5 heteroatoms. The first-order valence-electron chi connectivity index (χ1n) is 8.17. The van der Waals surface area contributed by atoms with Gasteiger partial charge in [-0.3, -0.25) is 0 Å². The van der Waals surface area contributed by atoms with E-state index in [2.05, 4.69) is 27.3 Å². The van der Waals surface area contributed by atoms with Crippen LogP contribution in [0.2, 0.25) is 0 Å². The number of rotatable bonds is 4. The molecule has 0 saturated carbocycles. The number of nitrogens with zero attached hydrogens (tertiary/aromatic N) is 5. The second kappa shape index (κ2) is 7.90. The van der Waals surface area contributed by atoms with Crippen molar-refractivity contribution in [3.63, 3.8) is 0 Å². The zero-order valence-corrected chi connectivity index (χ0v) is 13.8. The maximum Gasteiger partial charge on any atom is 0.101 e. The zero-order chi connectivity index (χ0) is 17.5. The minimum absolute atomic E-state index is 0.337. The Hall–Kier alpha value is -3.44. The van der Waals surface area contributed by atoms with E-state index >= 15 is 0 Å². The van der Waals surface area contributed by atoms with Crippen molar-refractivity contribution in [1.29, 1.82) is 10.5 Å². The number of azo groups is 1. The topological polar surface area (TPSA) is 75.5 Å². The fourth-order valence-electron chi connectivity index (χ4n) is 2.77. The van der Waals surface area contributed by atoms with Gasteiger partial charge in [0, 0.05) is 24.9 Å². The summed E-state index contributed by atoms with van der Waals surface area (Å²) in [7, 11) is 0. The summed E-state index contributed by atoms with van der Waals surface area (Å²) < 4.78 is 0. The molecule has 1 fully saturated rings. The number of anilines is 1. The van der Waals surface area contributed by atoms with Crippen molar-refractivity contribution >= 4 is 22.6 Å². The van der Waals surface area contributed by atoms with Crippen LogP contribution < -0.4 is 4.90 Å². The molecule has 0 spiro atoms. The first-order valence-corrected chi connectivity index (χ1v) is 8.17. The number of hydrogen-bond donors (Lipinski definition) is 0. The summed E-state index contributed by atoms with van der Waals surface area (Å²) in [5.74, 6) is 0. The lowest BCUT2D eigenvalue weighted by Gasteiger charge is -2.17. The summed E-state index contributed by atoms with van der Waals surface area (Å²) in [6.45, 7) is 2.25. The van der Waals surface area contributed by atoms with Crippen LogP contribution in [0.1, 0.15) is 18.4 Å². The van der Waals surface area contributed by atoms with Gasteiger partial charge in [-0.25, -0.2) is 0 Å². The fourth-order valence-corrected chi connectivity index (χ4v) is 2.77. The maximum absolute atomic E-state index is 9.02. The molecule has 3 rings (SSSR count). The molecule has 0 aromatic heterocycles. The largest absolute Gasteiger partial charge is 0.372 e. The molecule has 1 aliphatic heterocycles. The monoisotopic (exact) mass is 327 g/mol. The molecule has 0 radical (unpaired) electrons. The Labute approximate surface area is 147 Å². The van der Waals surface area contributed by atoms with Crippen LogP contribution in [0.25, 0.3) is 5.57 Å². The second-order valence-electron chi connectivity index (χ2n) is 5.76. The quantitative estimate of drug-likeness (QED) is 0.577. The SMILES string of the molecule is N#CC=C(C#N)c1ccc(/N=N/c2ccc(N3CCCC3)cc2)cc1. The Morgan fingerprint density at radius 1 is 0.880 bits per heavy atom. The lowest BCUT2D eigenvalue weighted by Crippen LogP contribution is -2.17. The fraction of sp³-hybridized carbons (Fsp3) is 0.200. The van der Waals surface area contributed by atoms with Gasteiger partial charge in [0.2, 0.25) is 0 Å². The van der Waals surface area contributed by atoms with Gasteiger partial charge in [0.05, 0.1) is 23.0 Å². The van der Waals surface area contributed by atoms with Crippen molar-refractivity contribution in [1.82, 2.24) is 0 Å². The van der Waals surface area contributed by atoms with E-state index in [1.165, 1.54) is 24.6 Å². The van der Waals surface area contributed by atoms with Gasteiger partial charge in [0.1, 0.15) is 6.07 Å². The molecule has 122 valence electrons. The van der Waals surface area contributed by atoms with Gasteiger partial charge in [-0.15, -0.1) is 0 Å². The molecule has 1 heterocycles. The van der Waals surface area contributed by atoms with Gasteiger partial charge in [-0.2, -0.15) is 20.8 Å². The van der Waals surface area contributed by atoms with Crippen LogP contribution >= 0.6 is 0 Å². The highest BCUT2D eigenvalue weighted by Gasteiger charge is 2.11. The lowest BCUT2D eigenvalue weighted by atomic mass is 10.1. The molecular formula is C20H17N5. The third kappa shape index (κ3) is 4.10. The van der Waals surface area contributed by atoms with E-state index in [1.807, 2.05) is 24.3 Å². The van der Waals surface area contributed by atoms with Crippen molar-refractivity contribution in [2.45, 2.75) is 12.8 Å². The van der Waals surface area contributed by atoms with Crippen LogP contribution in [-0.4, -0.2) is 13.1 Å². The molecule has 0 bridgehead atoms. The number of allylic oxidation sites excluding steroid dienone is 2. The number of hydrogen-bond acceptors (Lipinski definition) is 5. The molecule has 25 heavy (non-hydrogen) atoms. The van der Waals surface area contributed by atoms with Gasteiger partial charge < -0.3 is 4.90 Å². The van der Waals surface area contributed by atoms with Crippen LogP contribution in [0.4, 0.5) is 17.1 Å². The van der Waals surface area contributed by atoms with Crippen LogP contribution in [0.3, 0.4) is 0 Å². The molecule has 2 aromatic carbocycles. The standard InChI is InChI=1S/C20H17N5/c21-12-11-17(15-22)16-3-5-18(6-4-16)23-24-19-7-9-20(10-8-19)25-13-1-2-14-25/h3-11H,1-2,13-14H2/b17-11?,24-23+. The van der Waals surface area contributed by atoms with Crippen molar-refractivity contribution in [3.05, 3.63) is 60.2 Å². The lowest BCUT2D eigenvalue weighted by molar-refractivity contribution is 0.949. The Morgan fingerprint density at radius 3 is 1.96 bits per heavy atom. The molecule has 0 atom stereocenters. The molecular weight excluding hydrogens is 310 g/mol. The van der Waals surface area contributed by atoms with Crippen molar-refractivity contribution in [3.8, 4) is 12.1 Å². The Bertz CT molecular complexity index is 858. The van der Waals surface area contributed by atoms with Gasteiger partial charge in [-0.1, -0.05) is 12.1 Å². The van der Waals surface area contributed by atoms with E-state index < -0.39 is 0 Å².